The lowest BCUT2D eigenvalue weighted by Gasteiger charge is -2.20. The second-order valence-electron chi connectivity index (χ2n) is 10.2. The summed E-state index contributed by atoms with van der Waals surface area (Å²) in [6.45, 7) is 11.0. The molecule has 0 unspecified atom stereocenters. The average Bonchev–Trinajstić information content (AvgIpc) is 3.77. The zero-order valence-corrected chi connectivity index (χ0v) is 24.0. The summed E-state index contributed by atoms with van der Waals surface area (Å²) in [5, 5.41) is 5.53. The molecule has 1 fully saturated rings. The van der Waals surface area contributed by atoms with Gasteiger partial charge in [-0.05, 0) is 36.6 Å². The van der Waals surface area contributed by atoms with Gasteiger partial charge in [0, 0.05) is 41.5 Å². The van der Waals surface area contributed by atoms with Crippen molar-refractivity contribution in [3.8, 4) is 17.2 Å². The van der Waals surface area contributed by atoms with E-state index in [4.69, 9.17) is 14.2 Å². The molecular formula is C30H38N4O6. The number of hydrogen-bond donors (Lipinski definition) is 2. The fourth-order valence-corrected chi connectivity index (χ4v) is 3.74. The molecule has 2 aromatic rings. The molecule has 0 atom stereocenters. The lowest BCUT2D eigenvalue weighted by atomic mass is 9.97. The molecule has 2 N–H and O–H groups in total. The quantitative estimate of drug-likeness (QED) is 0.253. The fraction of sp³-hybridized carbons (Fsp3) is 0.433. The van der Waals surface area contributed by atoms with Gasteiger partial charge in [-0.1, -0.05) is 40.3 Å². The third-order valence-electron chi connectivity index (χ3n) is 6.26. The molecule has 0 bridgehead atoms. The Morgan fingerprint density at radius 1 is 1.02 bits per heavy atom. The van der Waals surface area contributed by atoms with E-state index in [0.717, 1.165) is 18.4 Å². The van der Waals surface area contributed by atoms with Gasteiger partial charge in [-0.25, -0.2) is 4.98 Å². The molecule has 0 spiro atoms. The Kier molecular flexibility index (Phi) is 10.4. The molecule has 10 nitrogen and oxygen atoms in total. The molecule has 10 heteroatoms. The van der Waals surface area contributed by atoms with E-state index in [-0.39, 0.29) is 60.1 Å². The fourth-order valence-electron chi connectivity index (χ4n) is 3.74. The van der Waals surface area contributed by atoms with Gasteiger partial charge in [0.2, 0.25) is 23.5 Å². The van der Waals surface area contributed by atoms with Crippen molar-refractivity contribution in [1.82, 2.24) is 9.97 Å². The molecular weight excluding hydrogens is 512 g/mol. The van der Waals surface area contributed by atoms with Crippen LogP contribution in [0.25, 0.3) is 6.08 Å². The van der Waals surface area contributed by atoms with E-state index in [1.807, 2.05) is 0 Å². The Morgan fingerprint density at radius 3 is 2.27 bits per heavy atom. The third kappa shape index (κ3) is 7.68. The molecule has 1 aliphatic carbocycles. The van der Waals surface area contributed by atoms with Gasteiger partial charge in [0.1, 0.15) is 12.4 Å². The van der Waals surface area contributed by atoms with E-state index in [0.29, 0.717) is 28.4 Å². The number of rotatable bonds is 14. The van der Waals surface area contributed by atoms with Gasteiger partial charge in [-0.15, -0.1) is 0 Å². The van der Waals surface area contributed by atoms with E-state index in [9.17, 15) is 14.4 Å². The minimum Gasteiger partial charge on any atom is -0.493 e. The average molecular weight is 551 g/mol. The van der Waals surface area contributed by atoms with Crippen LogP contribution in [0.15, 0.2) is 31.0 Å². The number of aromatic nitrogens is 2. The van der Waals surface area contributed by atoms with Crippen LogP contribution >= 0.6 is 0 Å². The molecule has 40 heavy (non-hydrogen) atoms. The highest BCUT2D eigenvalue weighted by Crippen LogP contribution is 2.44. The molecule has 1 aromatic carbocycles. The number of ether oxygens (including phenoxy) is 3. The lowest BCUT2D eigenvalue weighted by molar-refractivity contribution is -0.119. The zero-order chi connectivity index (χ0) is 29.4. The Labute approximate surface area is 235 Å². The predicted molar refractivity (Wildman–Crippen MR) is 154 cm³/mol. The number of allylic oxidation sites excluding steroid dienone is 1. The molecule has 0 saturated heterocycles. The van der Waals surface area contributed by atoms with E-state index in [2.05, 4.69) is 27.2 Å². The van der Waals surface area contributed by atoms with E-state index < -0.39 is 0 Å². The summed E-state index contributed by atoms with van der Waals surface area (Å²) in [7, 11) is 3.04. The monoisotopic (exact) mass is 550 g/mol. The standard InChI is InChI=1S/C30H38N4O6/c1-8-13-40-25-22(11-12-23(35)19-9-10-19)20(15-24(38-6)26(25)39-7)14-21-16-31-30(34-29(37)18(4)5)33-27(21)32-28(36)17(2)3/h8,11-12,15-19H,1,9-10,13-14H2,2-7H3,(H2,31,32,33,34,36,37)/b12-11+. The maximum absolute atomic E-state index is 12.7. The van der Waals surface area contributed by atoms with Gasteiger partial charge in [0.05, 0.1) is 14.2 Å². The summed E-state index contributed by atoms with van der Waals surface area (Å²) >= 11 is 0. The molecule has 2 amide bonds. The predicted octanol–water partition coefficient (Wildman–Crippen LogP) is 4.83. The number of ketones is 1. The minimum atomic E-state index is -0.302. The molecule has 1 aliphatic rings. The number of anilines is 2. The third-order valence-corrected chi connectivity index (χ3v) is 6.26. The number of nitrogens with one attached hydrogen (secondary N) is 2. The van der Waals surface area contributed by atoms with Crippen LogP contribution in [0.3, 0.4) is 0 Å². The second kappa shape index (κ2) is 13.7. The first-order chi connectivity index (χ1) is 19.1. The van der Waals surface area contributed by atoms with Crippen molar-refractivity contribution >= 4 is 35.4 Å². The SMILES string of the molecule is C=CCOc1c(/C=C/C(=O)C2CC2)c(Cc2cnc(NC(=O)C(C)C)nc2NC(=O)C(C)C)cc(OC)c1OC. The van der Waals surface area contributed by atoms with Crippen LogP contribution < -0.4 is 24.8 Å². The van der Waals surface area contributed by atoms with Gasteiger partial charge in [0.15, 0.2) is 17.3 Å². The van der Waals surface area contributed by atoms with Crippen LogP contribution in [0.1, 0.15) is 57.2 Å². The molecule has 1 aromatic heterocycles. The van der Waals surface area contributed by atoms with Gasteiger partial charge in [0.25, 0.3) is 0 Å². The van der Waals surface area contributed by atoms with Crippen LogP contribution in [0.4, 0.5) is 11.8 Å². The summed E-state index contributed by atoms with van der Waals surface area (Å²) in [4.78, 5) is 46.2. The first kappa shape index (κ1) is 30.3. The summed E-state index contributed by atoms with van der Waals surface area (Å²) in [6, 6.07) is 1.80. The van der Waals surface area contributed by atoms with Crippen molar-refractivity contribution in [2.75, 3.05) is 31.5 Å². The van der Waals surface area contributed by atoms with Crippen LogP contribution in [0.5, 0.6) is 17.2 Å². The summed E-state index contributed by atoms with van der Waals surface area (Å²) < 4.78 is 17.2. The van der Waals surface area contributed by atoms with Gasteiger partial charge < -0.3 is 19.5 Å². The Balaban J connectivity index is 2.14. The van der Waals surface area contributed by atoms with Gasteiger partial charge in [-0.3, -0.25) is 19.7 Å². The first-order valence-electron chi connectivity index (χ1n) is 13.3. The highest BCUT2D eigenvalue weighted by molar-refractivity contribution is 5.97. The van der Waals surface area contributed by atoms with Crippen molar-refractivity contribution in [3.63, 3.8) is 0 Å². The highest BCUT2D eigenvalue weighted by atomic mass is 16.5. The van der Waals surface area contributed by atoms with E-state index in [1.165, 1.54) is 14.2 Å². The molecule has 1 saturated carbocycles. The number of carbonyl (C=O) groups excluding carboxylic acids is 3. The van der Waals surface area contributed by atoms with Gasteiger partial charge in [-0.2, -0.15) is 4.98 Å². The highest BCUT2D eigenvalue weighted by Gasteiger charge is 2.28. The van der Waals surface area contributed by atoms with E-state index >= 15 is 0 Å². The van der Waals surface area contributed by atoms with Crippen LogP contribution in [0, 0.1) is 17.8 Å². The van der Waals surface area contributed by atoms with Crippen molar-refractivity contribution in [2.24, 2.45) is 17.8 Å². The molecule has 0 aliphatic heterocycles. The molecule has 0 radical (unpaired) electrons. The van der Waals surface area contributed by atoms with Crippen LogP contribution in [-0.4, -0.2) is 48.4 Å². The number of hydrogen-bond acceptors (Lipinski definition) is 8. The maximum atomic E-state index is 12.7. The van der Waals surface area contributed by atoms with Crippen molar-refractivity contribution in [2.45, 2.75) is 47.0 Å². The second-order valence-corrected chi connectivity index (χ2v) is 10.2. The minimum absolute atomic E-state index is 0.0499. The maximum Gasteiger partial charge on any atom is 0.231 e. The van der Waals surface area contributed by atoms with Crippen molar-refractivity contribution in [3.05, 3.63) is 47.7 Å². The van der Waals surface area contributed by atoms with Crippen molar-refractivity contribution < 1.29 is 28.6 Å². The number of carbonyl (C=O) groups is 3. The number of methoxy groups -OCH3 is 2. The zero-order valence-electron chi connectivity index (χ0n) is 24.0. The summed E-state index contributed by atoms with van der Waals surface area (Å²) in [6.07, 6.45) is 8.47. The number of nitrogens with zero attached hydrogens (tertiary/aromatic N) is 2. The molecule has 3 rings (SSSR count). The van der Waals surface area contributed by atoms with Crippen LogP contribution in [0.2, 0.25) is 0 Å². The Morgan fingerprint density at radius 2 is 1.70 bits per heavy atom. The topological polar surface area (TPSA) is 129 Å². The van der Waals surface area contributed by atoms with Gasteiger partial charge >= 0.3 is 0 Å². The largest absolute Gasteiger partial charge is 0.493 e. The first-order valence-corrected chi connectivity index (χ1v) is 13.3. The number of benzene rings is 1. The lowest BCUT2D eigenvalue weighted by Crippen LogP contribution is -2.23. The molecule has 1 heterocycles. The summed E-state index contributed by atoms with van der Waals surface area (Å²) in [5.74, 6) is 0.592. The smallest absolute Gasteiger partial charge is 0.231 e. The normalized spacial score (nSPS) is 12.9. The van der Waals surface area contributed by atoms with E-state index in [1.54, 1.807) is 58.2 Å². The molecule has 214 valence electrons. The van der Waals surface area contributed by atoms with Crippen molar-refractivity contribution in [1.29, 1.82) is 0 Å². The number of amides is 2. The van der Waals surface area contributed by atoms with Crippen LogP contribution in [-0.2, 0) is 20.8 Å². The Hall–Kier alpha value is -4.21. The summed E-state index contributed by atoms with van der Waals surface area (Å²) in [5.41, 5.74) is 1.92. The Bertz CT molecular complexity index is 1300.